The fourth-order valence-corrected chi connectivity index (χ4v) is 0.457. The largest absolute Gasteiger partial charge is 0.471 e. The Morgan fingerprint density at radius 1 is 1.00 bits per heavy atom. The van der Waals surface area contributed by atoms with Crippen molar-refractivity contribution in [3.05, 3.63) is 0 Å². The van der Waals surface area contributed by atoms with Gasteiger partial charge < -0.3 is 0 Å². The lowest BCUT2D eigenvalue weighted by molar-refractivity contribution is -0.241. The molecule has 1 radical (unpaired) electrons. The molecule has 67 valence electrons. The molecule has 0 saturated heterocycles. The molecule has 0 spiro atoms. The zero-order chi connectivity index (χ0) is 9.50. The summed E-state index contributed by atoms with van der Waals surface area (Å²) in [5, 5.41) is -0.494. The summed E-state index contributed by atoms with van der Waals surface area (Å²) in [5.74, 6) is 0. The average molecular weight is 198 g/mol. The number of nitrogens with one attached hydrogen (secondary N) is 1. The lowest BCUT2D eigenvalue weighted by atomic mass is 10.7. The molecule has 0 saturated carbocycles. The SMILES string of the molecule is [NH]S(=O)(=O)C(F)(F)C(F)(F)F. The third-order valence-corrected chi connectivity index (χ3v) is 1.57. The Balaban J connectivity index is 5.08. The van der Waals surface area contributed by atoms with Crippen molar-refractivity contribution in [1.29, 1.82) is 0 Å². The summed E-state index contributed by atoms with van der Waals surface area (Å²) < 4.78 is 75.3. The molecule has 0 aliphatic rings. The smallest absolute Gasteiger partial charge is 0.204 e. The van der Waals surface area contributed by atoms with E-state index in [0.717, 1.165) is 0 Å². The molecule has 0 rings (SSSR count). The Labute approximate surface area is 58.0 Å². The second kappa shape index (κ2) is 2.27. The van der Waals surface area contributed by atoms with Gasteiger partial charge >= 0.3 is 21.5 Å². The van der Waals surface area contributed by atoms with E-state index in [1.165, 1.54) is 0 Å². The Hall–Kier alpha value is -0.440. The van der Waals surface area contributed by atoms with Crippen molar-refractivity contribution in [3.8, 4) is 0 Å². The molecule has 0 aromatic heterocycles. The number of alkyl halides is 5. The molecule has 0 atom stereocenters. The van der Waals surface area contributed by atoms with Crippen molar-refractivity contribution < 1.29 is 30.4 Å². The molecule has 11 heavy (non-hydrogen) atoms. The van der Waals surface area contributed by atoms with Gasteiger partial charge in [-0.3, -0.25) is 0 Å². The number of hydrogen-bond donors (Lipinski definition) is 0. The Kier molecular flexibility index (Phi) is 2.18. The van der Waals surface area contributed by atoms with E-state index in [4.69, 9.17) is 5.14 Å². The standard InChI is InChI=1S/C2HF5NO2S/c3-1(4,5)2(6,7)11(8,9)10/h8H. The van der Waals surface area contributed by atoms with E-state index < -0.39 is 21.5 Å². The molecule has 1 N–H and O–H groups in total. The van der Waals surface area contributed by atoms with Gasteiger partial charge in [0.1, 0.15) is 0 Å². The summed E-state index contributed by atoms with van der Waals surface area (Å²) in [5.41, 5.74) is 0. The topological polar surface area (TPSA) is 57.9 Å². The number of rotatable bonds is 1. The molecule has 9 heteroatoms. The third-order valence-electron chi connectivity index (χ3n) is 0.668. The minimum Gasteiger partial charge on any atom is -0.204 e. The molecule has 0 unspecified atom stereocenters. The molecule has 0 aliphatic carbocycles. The molecule has 0 aromatic carbocycles. The van der Waals surface area contributed by atoms with Crippen LogP contribution >= 0.6 is 0 Å². The van der Waals surface area contributed by atoms with E-state index in [-0.39, 0.29) is 0 Å². The van der Waals surface area contributed by atoms with Crippen molar-refractivity contribution in [2.75, 3.05) is 0 Å². The molecule has 0 heterocycles. The lowest BCUT2D eigenvalue weighted by Gasteiger charge is -2.15. The van der Waals surface area contributed by atoms with Crippen LogP contribution in [-0.2, 0) is 10.0 Å². The van der Waals surface area contributed by atoms with E-state index >= 15 is 0 Å². The molecule has 3 nitrogen and oxygen atoms in total. The monoisotopic (exact) mass is 198 g/mol. The van der Waals surface area contributed by atoms with Gasteiger partial charge in [0.2, 0.25) is 0 Å². The molecular weight excluding hydrogens is 197 g/mol. The van der Waals surface area contributed by atoms with Crippen molar-refractivity contribution in [2.45, 2.75) is 11.4 Å². The van der Waals surface area contributed by atoms with Gasteiger partial charge in [-0.1, -0.05) is 0 Å². The van der Waals surface area contributed by atoms with Gasteiger partial charge in [-0.05, 0) is 0 Å². The minimum absolute atomic E-state index is 5.49. The quantitative estimate of drug-likeness (QED) is 0.584. The van der Waals surface area contributed by atoms with Crippen molar-refractivity contribution in [1.82, 2.24) is 5.14 Å². The van der Waals surface area contributed by atoms with E-state index in [1.807, 2.05) is 0 Å². The minimum atomic E-state index is -6.23. The van der Waals surface area contributed by atoms with Crippen LogP contribution in [0.5, 0.6) is 0 Å². The summed E-state index contributed by atoms with van der Waals surface area (Å²) in [4.78, 5) is 0. The Morgan fingerprint density at radius 3 is 1.27 bits per heavy atom. The molecule has 0 bridgehead atoms. The van der Waals surface area contributed by atoms with Gasteiger partial charge in [0, 0.05) is 0 Å². The molecule has 0 aromatic rings. The molecular formula is C2HF5NO2S. The highest BCUT2D eigenvalue weighted by Gasteiger charge is 2.66. The fourth-order valence-electron chi connectivity index (χ4n) is 0.152. The average Bonchev–Trinajstić information content (AvgIpc) is 1.58. The van der Waals surface area contributed by atoms with Gasteiger partial charge in [-0.25, -0.2) is 8.42 Å². The summed E-state index contributed by atoms with van der Waals surface area (Å²) in [6.07, 6.45) is -6.23. The highest BCUT2D eigenvalue weighted by atomic mass is 32.2. The number of sulfonamides is 1. The predicted molar refractivity (Wildman–Crippen MR) is 23.0 cm³/mol. The summed E-state index contributed by atoms with van der Waals surface area (Å²) >= 11 is 0. The third kappa shape index (κ3) is 1.77. The highest BCUT2D eigenvalue weighted by Crippen LogP contribution is 2.38. The second-order valence-electron chi connectivity index (χ2n) is 1.52. The number of hydrogen-bond acceptors (Lipinski definition) is 2. The zero-order valence-corrected chi connectivity index (χ0v) is 5.43. The van der Waals surface area contributed by atoms with Crippen molar-refractivity contribution in [2.24, 2.45) is 0 Å². The van der Waals surface area contributed by atoms with Gasteiger partial charge in [-0.15, -0.1) is 5.14 Å². The summed E-state index contributed by atoms with van der Waals surface area (Å²) in [7, 11) is -6.17. The van der Waals surface area contributed by atoms with Crippen LogP contribution in [0.1, 0.15) is 0 Å². The van der Waals surface area contributed by atoms with Crippen LogP contribution in [0.25, 0.3) is 0 Å². The van der Waals surface area contributed by atoms with Gasteiger partial charge in [0.15, 0.2) is 0 Å². The van der Waals surface area contributed by atoms with Crippen LogP contribution in [0.4, 0.5) is 22.0 Å². The molecule has 0 amide bonds. The maximum Gasteiger partial charge on any atom is 0.471 e. The van der Waals surface area contributed by atoms with E-state index in [0.29, 0.717) is 0 Å². The highest BCUT2D eigenvalue weighted by molar-refractivity contribution is 7.89. The van der Waals surface area contributed by atoms with Crippen molar-refractivity contribution >= 4 is 10.0 Å². The van der Waals surface area contributed by atoms with Crippen LogP contribution in [-0.4, -0.2) is 19.8 Å². The van der Waals surface area contributed by atoms with E-state index in [2.05, 4.69) is 0 Å². The van der Waals surface area contributed by atoms with Crippen LogP contribution in [0.15, 0.2) is 0 Å². The Morgan fingerprint density at radius 2 is 1.27 bits per heavy atom. The predicted octanol–water partition coefficient (Wildman–Crippen LogP) is 0.754. The first-order valence-corrected chi connectivity index (χ1v) is 3.42. The first-order chi connectivity index (χ1) is 4.50. The van der Waals surface area contributed by atoms with Crippen LogP contribution < -0.4 is 5.14 Å². The maximum atomic E-state index is 11.5. The fraction of sp³-hybridized carbons (Fsp3) is 1.00. The van der Waals surface area contributed by atoms with Crippen molar-refractivity contribution in [3.63, 3.8) is 0 Å². The second-order valence-corrected chi connectivity index (χ2v) is 3.04. The Bertz CT molecular complexity index is 240. The van der Waals surface area contributed by atoms with Gasteiger partial charge in [0.25, 0.3) is 0 Å². The molecule has 0 aliphatic heterocycles. The maximum absolute atomic E-state index is 11.5. The van der Waals surface area contributed by atoms with Gasteiger partial charge in [0.05, 0.1) is 0 Å². The first-order valence-electron chi connectivity index (χ1n) is 1.94. The van der Waals surface area contributed by atoms with Gasteiger partial charge in [-0.2, -0.15) is 22.0 Å². The summed E-state index contributed by atoms with van der Waals surface area (Å²) in [6.45, 7) is 0. The van der Waals surface area contributed by atoms with Crippen LogP contribution in [0.3, 0.4) is 0 Å². The lowest BCUT2D eigenvalue weighted by Crippen LogP contribution is -2.44. The summed E-state index contributed by atoms with van der Waals surface area (Å²) in [6, 6.07) is 0. The van der Waals surface area contributed by atoms with E-state index in [1.54, 1.807) is 0 Å². The van der Waals surface area contributed by atoms with Crippen LogP contribution in [0, 0.1) is 0 Å². The zero-order valence-electron chi connectivity index (χ0n) is 4.61. The molecule has 0 fully saturated rings. The normalized spacial score (nSPS) is 15.1. The number of halogens is 5. The van der Waals surface area contributed by atoms with Crippen LogP contribution in [0.2, 0.25) is 0 Å². The first kappa shape index (κ1) is 10.6. The van der Waals surface area contributed by atoms with E-state index in [9.17, 15) is 30.4 Å².